The normalized spacial score (nSPS) is 14.0. The van der Waals surface area contributed by atoms with Crippen molar-refractivity contribution in [3.63, 3.8) is 0 Å². The summed E-state index contributed by atoms with van der Waals surface area (Å²) in [5.41, 5.74) is 7.29. The fourth-order valence-electron chi connectivity index (χ4n) is 3.95. The molecule has 0 unspecified atom stereocenters. The Morgan fingerprint density at radius 1 is 1.24 bits per heavy atom. The van der Waals surface area contributed by atoms with Crippen LogP contribution in [0.3, 0.4) is 0 Å². The Morgan fingerprint density at radius 2 is 1.97 bits per heavy atom. The molecule has 4 N–H and O–H groups in total. The van der Waals surface area contributed by atoms with Crippen molar-refractivity contribution < 1.29 is 14.3 Å². The van der Waals surface area contributed by atoms with E-state index in [0.29, 0.717) is 17.3 Å². The van der Waals surface area contributed by atoms with E-state index in [1.807, 2.05) is 49.4 Å². The van der Waals surface area contributed by atoms with E-state index >= 15 is 0 Å². The number of hydrogen-bond acceptors (Lipinski definition) is 6. The highest BCUT2D eigenvalue weighted by Crippen LogP contribution is 2.35. The van der Waals surface area contributed by atoms with Gasteiger partial charge in [-0.3, -0.25) is 9.48 Å². The van der Waals surface area contributed by atoms with E-state index < -0.39 is 11.4 Å². The van der Waals surface area contributed by atoms with Gasteiger partial charge in [0.1, 0.15) is 16.9 Å². The molecule has 1 aliphatic rings. The number of methoxy groups -OCH3 is 1. The van der Waals surface area contributed by atoms with Crippen LogP contribution in [0.1, 0.15) is 22.3 Å². The zero-order chi connectivity index (χ0) is 24.3. The molecular weight excluding hydrogens is 434 g/mol. The van der Waals surface area contributed by atoms with Crippen LogP contribution in [-0.2, 0) is 5.54 Å². The lowest BCUT2D eigenvalue weighted by Crippen LogP contribution is -2.65. The monoisotopic (exact) mass is 459 g/mol. The lowest BCUT2D eigenvalue weighted by Gasteiger charge is -2.48. The number of aromatic nitrogens is 2. The van der Waals surface area contributed by atoms with E-state index in [-0.39, 0.29) is 31.1 Å². The third-order valence-electron chi connectivity index (χ3n) is 5.76. The molecule has 0 spiro atoms. The molecule has 4 rings (SSSR count). The van der Waals surface area contributed by atoms with Crippen LogP contribution in [-0.4, -0.2) is 46.8 Å². The van der Waals surface area contributed by atoms with Crippen molar-refractivity contribution in [2.24, 2.45) is 5.73 Å². The summed E-state index contributed by atoms with van der Waals surface area (Å²) in [6, 6.07) is 16.6. The first-order valence-corrected chi connectivity index (χ1v) is 10.6. The number of para-hydroxylation sites is 1. The molecule has 1 aliphatic heterocycles. The number of aryl methyl sites for hydroxylation is 1. The van der Waals surface area contributed by atoms with Crippen molar-refractivity contribution in [1.82, 2.24) is 14.7 Å². The maximum atomic E-state index is 12.9. The first-order valence-electron chi connectivity index (χ1n) is 10.6. The van der Waals surface area contributed by atoms with Crippen molar-refractivity contribution in [2.45, 2.75) is 18.9 Å². The number of nitriles is 1. The second-order valence-corrected chi connectivity index (χ2v) is 8.24. The Morgan fingerprint density at radius 3 is 2.62 bits per heavy atom. The molecule has 10 nitrogen and oxygen atoms in total. The van der Waals surface area contributed by atoms with Gasteiger partial charge in [0, 0.05) is 11.9 Å². The van der Waals surface area contributed by atoms with Crippen LogP contribution in [0.4, 0.5) is 22.0 Å². The smallest absolute Gasteiger partial charge is 0.322 e. The number of amides is 3. The Labute approximate surface area is 196 Å². The number of rotatable bonds is 7. The molecule has 0 saturated carbocycles. The maximum Gasteiger partial charge on any atom is 0.322 e. The zero-order valence-corrected chi connectivity index (χ0v) is 18.9. The number of benzene rings is 2. The summed E-state index contributed by atoms with van der Waals surface area (Å²) in [4.78, 5) is 26.5. The molecule has 34 heavy (non-hydrogen) atoms. The molecule has 1 saturated heterocycles. The zero-order valence-electron chi connectivity index (χ0n) is 18.9. The summed E-state index contributed by atoms with van der Waals surface area (Å²) in [7, 11) is 1.54. The van der Waals surface area contributed by atoms with Crippen molar-refractivity contribution in [3.8, 4) is 11.8 Å². The van der Waals surface area contributed by atoms with E-state index in [1.165, 1.54) is 13.3 Å². The van der Waals surface area contributed by atoms with Crippen molar-refractivity contribution >= 4 is 29.1 Å². The van der Waals surface area contributed by atoms with Crippen molar-refractivity contribution in [2.75, 3.05) is 30.8 Å². The van der Waals surface area contributed by atoms with Gasteiger partial charge in [0.05, 0.1) is 38.4 Å². The molecule has 0 aliphatic carbocycles. The lowest BCUT2D eigenvalue weighted by molar-refractivity contribution is 0.0400. The molecular formula is C24H25N7O3. The summed E-state index contributed by atoms with van der Waals surface area (Å²) < 4.78 is 6.90. The van der Waals surface area contributed by atoms with Crippen LogP contribution in [0.5, 0.6) is 5.75 Å². The van der Waals surface area contributed by atoms with Gasteiger partial charge in [-0.05, 0) is 36.8 Å². The predicted octanol–water partition coefficient (Wildman–Crippen LogP) is 3.20. The van der Waals surface area contributed by atoms with E-state index in [2.05, 4.69) is 21.8 Å². The fourth-order valence-corrected chi connectivity index (χ4v) is 3.95. The molecule has 174 valence electrons. The van der Waals surface area contributed by atoms with Crippen LogP contribution in [0.2, 0.25) is 0 Å². The highest BCUT2D eigenvalue weighted by molar-refractivity contribution is 5.98. The number of nitrogens with one attached hydrogen (secondary N) is 2. The standard InChI is InChI=1S/C24H25N7O3/c1-16-8-9-20(34-2)19(12-16)28-23(33)30-14-24(15-30,10-11-25)31-13-18(21(26)32)22(29-31)27-17-6-4-3-5-7-17/h3-9,12-13H,10,14-15H2,1-2H3,(H2,26,32)(H,27,29)(H,28,33). The molecule has 1 aromatic heterocycles. The molecule has 0 atom stereocenters. The number of carbonyl (C=O) groups excluding carboxylic acids is 2. The number of anilines is 3. The number of nitrogens with zero attached hydrogens (tertiary/aromatic N) is 4. The minimum Gasteiger partial charge on any atom is -0.495 e. The SMILES string of the molecule is COc1ccc(C)cc1NC(=O)N1CC(CC#N)(n2cc(C(N)=O)c(Nc3ccccc3)n2)C1. The van der Waals surface area contributed by atoms with E-state index in [9.17, 15) is 14.9 Å². The first-order chi connectivity index (χ1) is 16.3. The molecule has 2 heterocycles. The molecule has 3 amide bonds. The molecule has 0 bridgehead atoms. The van der Waals surface area contributed by atoms with Gasteiger partial charge in [-0.1, -0.05) is 24.3 Å². The molecule has 2 aromatic carbocycles. The van der Waals surface area contributed by atoms with E-state index in [1.54, 1.807) is 15.6 Å². The molecule has 3 aromatic rings. The molecule has 1 fully saturated rings. The number of ether oxygens (including phenoxy) is 1. The van der Waals surface area contributed by atoms with Gasteiger partial charge in [0.15, 0.2) is 5.82 Å². The summed E-state index contributed by atoms with van der Waals surface area (Å²) >= 11 is 0. The van der Waals surface area contributed by atoms with Gasteiger partial charge in [-0.2, -0.15) is 10.4 Å². The summed E-state index contributed by atoms with van der Waals surface area (Å²) in [6.07, 6.45) is 1.64. The average molecular weight is 460 g/mol. The van der Waals surface area contributed by atoms with Gasteiger partial charge in [0.2, 0.25) is 0 Å². The highest BCUT2D eigenvalue weighted by atomic mass is 16.5. The quantitative estimate of drug-likeness (QED) is 0.496. The van der Waals surface area contributed by atoms with Crippen LogP contribution in [0.15, 0.2) is 54.7 Å². The van der Waals surface area contributed by atoms with Crippen LogP contribution in [0, 0.1) is 18.3 Å². The molecule has 10 heteroatoms. The van der Waals surface area contributed by atoms with E-state index in [0.717, 1.165) is 11.3 Å². The third kappa shape index (κ3) is 4.36. The Balaban J connectivity index is 1.55. The second-order valence-electron chi connectivity index (χ2n) is 8.24. The summed E-state index contributed by atoms with van der Waals surface area (Å²) in [5, 5.41) is 20.0. The number of nitrogens with two attached hydrogens (primary N) is 1. The highest BCUT2D eigenvalue weighted by Gasteiger charge is 2.48. The fraction of sp³-hybridized carbons (Fsp3) is 0.250. The third-order valence-corrected chi connectivity index (χ3v) is 5.76. The van der Waals surface area contributed by atoms with Crippen LogP contribution < -0.4 is 21.1 Å². The first kappa shape index (κ1) is 22.7. The summed E-state index contributed by atoms with van der Waals surface area (Å²) in [5.74, 6) is 0.207. The molecule has 0 radical (unpaired) electrons. The van der Waals surface area contributed by atoms with Gasteiger partial charge in [-0.15, -0.1) is 0 Å². The number of likely N-dealkylation sites (tertiary alicyclic amines) is 1. The average Bonchev–Trinajstić information content (AvgIpc) is 3.21. The van der Waals surface area contributed by atoms with Crippen molar-refractivity contribution in [3.05, 3.63) is 65.9 Å². The maximum absolute atomic E-state index is 12.9. The number of primary amides is 1. The lowest BCUT2D eigenvalue weighted by atomic mass is 9.87. The largest absolute Gasteiger partial charge is 0.495 e. The van der Waals surface area contributed by atoms with Gasteiger partial charge >= 0.3 is 6.03 Å². The number of carbonyl (C=O) groups is 2. The minimum atomic E-state index is -0.774. The van der Waals surface area contributed by atoms with Crippen LogP contribution in [0.25, 0.3) is 0 Å². The summed E-state index contributed by atoms with van der Waals surface area (Å²) in [6.45, 7) is 2.40. The Kier molecular flexibility index (Phi) is 6.10. The van der Waals surface area contributed by atoms with Crippen molar-refractivity contribution in [1.29, 1.82) is 5.26 Å². The Hall–Kier alpha value is -4.52. The van der Waals surface area contributed by atoms with Gasteiger partial charge in [-0.25, -0.2) is 4.79 Å². The number of urea groups is 1. The van der Waals surface area contributed by atoms with Gasteiger partial charge < -0.3 is 26.0 Å². The Bertz CT molecular complexity index is 1260. The second kappa shape index (κ2) is 9.15. The topological polar surface area (TPSA) is 138 Å². The predicted molar refractivity (Wildman–Crippen MR) is 127 cm³/mol. The minimum absolute atomic E-state index is 0.106. The van der Waals surface area contributed by atoms with E-state index in [4.69, 9.17) is 10.5 Å². The number of hydrogen-bond donors (Lipinski definition) is 3. The van der Waals surface area contributed by atoms with Crippen LogP contribution >= 0.6 is 0 Å². The van der Waals surface area contributed by atoms with Gasteiger partial charge in [0.25, 0.3) is 5.91 Å².